The minimum atomic E-state index is -0.588. The zero-order valence-electron chi connectivity index (χ0n) is 18.2. The third-order valence-corrected chi connectivity index (χ3v) is 5.57. The summed E-state index contributed by atoms with van der Waals surface area (Å²) < 4.78 is 20.9. The van der Waals surface area contributed by atoms with Gasteiger partial charge in [0.25, 0.3) is 0 Å². The Morgan fingerprint density at radius 1 is 1.28 bits per heavy atom. The molecule has 0 unspecified atom stereocenters. The van der Waals surface area contributed by atoms with Crippen molar-refractivity contribution in [2.45, 2.75) is 33.3 Å². The molecule has 2 aromatic heterocycles. The Hall–Kier alpha value is -2.79. The van der Waals surface area contributed by atoms with E-state index in [1.807, 2.05) is 0 Å². The van der Waals surface area contributed by atoms with Gasteiger partial charge in [-0.3, -0.25) is 4.79 Å². The van der Waals surface area contributed by atoms with E-state index in [9.17, 15) is 14.0 Å². The lowest BCUT2D eigenvalue weighted by molar-refractivity contribution is 0.0166. The second-order valence-corrected chi connectivity index (χ2v) is 9.37. The molecule has 9 nitrogen and oxygen atoms in total. The van der Waals surface area contributed by atoms with Gasteiger partial charge in [-0.25, -0.2) is 14.2 Å². The van der Waals surface area contributed by atoms with Crippen LogP contribution in [-0.4, -0.2) is 68.8 Å². The smallest absolute Gasteiger partial charge is 0.410 e. The van der Waals surface area contributed by atoms with E-state index < -0.39 is 17.5 Å². The average Bonchev–Trinajstić information content (AvgIpc) is 3.14. The number of aromatic nitrogens is 3. The Kier molecular flexibility index (Phi) is 7.29. The summed E-state index contributed by atoms with van der Waals surface area (Å²) in [6, 6.07) is 3.32. The second kappa shape index (κ2) is 9.78. The molecule has 2 aromatic rings. The highest BCUT2D eigenvalue weighted by atomic mass is 35.5. The number of amides is 1. The Balaban J connectivity index is 1.83. The molecule has 0 radical (unpaired) electrons. The number of carbonyl (C=O) groups excluding carboxylic acids is 2. The van der Waals surface area contributed by atoms with Crippen molar-refractivity contribution in [2.75, 3.05) is 26.2 Å². The molecule has 0 aliphatic carbocycles. The predicted molar refractivity (Wildman–Crippen MR) is 119 cm³/mol. The van der Waals surface area contributed by atoms with Crippen molar-refractivity contribution in [3.8, 4) is 10.6 Å². The summed E-state index contributed by atoms with van der Waals surface area (Å²) in [5, 5.41) is 5.00. The third kappa shape index (κ3) is 5.92. The fourth-order valence-corrected chi connectivity index (χ4v) is 4.00. The maximum atomic E-state index is 14.4. The Bertz CT molecular complexity index is 1100. The number of pyridine rings is 1. The SMILES string of the molecule is C/C(F)=C(\N=c1\sc(-c2ccnc(Cl)c2)nn1C=O)N1CCN(C(=O)OC(C)(C)C)CC1. The molecule has 0 atom stereocenters. The van der Waals surface area contributed by atoms with Crippen LogP contribution in [0, 0.1) is 0 Å². The number of hydrogen-bond acceptors (Lipinski definition) is 8. The first-order chi connectivity index (χ1) is 15.1. The molecule has 0 aromatic carbocycles. The van der Waals surface area contributed by atoms with E-state index in [0.717, 1.165) is 16.0 Å². The van der Waals surface area contributed by atoms with Crippen LogP contribution in [0.1, 0.15) is 27.7 Å². The third-order valence-electron chi connectivity index (χ3n) is 4.40. The summed E-state index contributed by atoms with van der Waals surface area (Å²) in [6.07, 6.45) is 1.63. The minimum absolute atomic E-state index is 0.0902. The molecule has 12 heteroatoms. The van der Waals surface area contributed by atoms with Crippen molar-refractivity contribution in [1.82, 2.24) is 24.6 Å². The first kappa shape index (κ1) is 23.9. The van der Waals surface area contributed by atoms with Crippen LogP contribution in [0.15, 0.2) is 35.0 Å². The van der Waals surface area contributed by atoms with Gasteiger partial charge >= 0.3 is 6.09 Å². The van der Waals surface area contributed by atoms with E-state index in [4.69, 9.17) is 16.3 Å². The first-order valence-corrected chi connectivity index (χ1v) is 11.1. The monoisotopic (exact) mass is 482 g/mol. The van der Waals surface area contributed by atoms with Gasteiger partial charge in [0.2, 0.25) is 11.2 Å². The van der Waals surface area contributed by atoms with Crippen molar-refractivity contribution >= 4 is 35.4 Å². The number of halogens is 2. The van der Waals surface area contributed by atoms with Gasteiger partial charge in [-0.2, -0.15) is 14.8 Å². The van der Waals surface area contributed by atoms with Crippen LogP contribution in [0.5, 0.6) is 0 Å². The van der Waals surface area contributed by atoms with E-state index >= 15 is 0 Å². The molecular weight excluding hydrogens is 459 g/mol. The highest BCUT2D eigenvalue weighted by Gasteiger charge is 2.27. The zero-order chi connectivity index (χ0) is 23.5. The molecule has 1 aliphatic rings. The number of hydrogen-bond donors (Lipinski definition) is 0. The minimum Gasteiger partial charge on any atom is -0.444 e. The molecule has 1 amide bonds. The van der Waals surface area contributed by atoms with Gasteiger partial charge in [0.05, 0.1) is 0 Å². The van der Waals surface area contributed by atoms with Gasteiger partial charge in [0, 0.05) is 37.9 Å². The van der Waals surface area contributed by atoms with Crippen molar-refractivity contribution in [2.24, 2.45) is 4.99 Å². The normalized spacial score (nSPS) is 16.1. The number of carbonyl (C=O) groups is 2. The van der Waals surface area contributed by atoms with Crippen LogP contribution in [0.25, 0.3) is 10.6 Å². The molecule has 0 spiro atoms. The molecule has 0 N–H and O–H groups in total. The van der Waals surface area contributed by atoms with Gasteiger partial charge in [-0.05, 0) is 39.8 Å². The van der Waals surface area contributed by atoms with E-state index in [0.29, 0.717) is 43.2 Å². The number of piperazine rings is 1. The van der Waals surface area contributed by atoms with E-state index in [2.05, 4.69) is 15.1 Å². The summed E-state index contributed by atoms with van der Waals surface area (Å²) in [5.41, 5.74) is 0.0794. The fourth-order valence-electron chi connectivity index (χ4n) is 2.97. The highest BCUT2D eigenvalue weighted by molar-refractivity contribution is 7.12. The highest BCUT2D eigenvalue weighted by Crippen LogP contribution is 2.22. The van der Waals surface area contributed by atoms with Crippen molar-refractivity contribution in [1.29, 1.82) is 0 Å². The summed E-state index contributed by atoms with van der Waals surface area (Å²) in [7, 11) is 0. The standard InChI is InChI=1S/C20H24ClFN6O3S/c1-13(22)16(26-7-9-27(10-8-26)19(30)31-20(2,3)4)24-18-28(12-29)25-17(32-18)14-5-6-23-15(21)11-14/h5-6,11-12H,7-10H2,1-4H3/b16-13-,24-18+. The fraction of sp³-hybridized carbons (Fsp3) is 0.450. The molecule has 3 heterocycles. The van der Waals surface area contributed by atoms with Crippen LogP contribution in [-0.2, 0) is 9.53 Å². The van der Waals surface area contributed by atoms with Crippen molar-refractivity contribution in [3.63, 3.8) is 0 Å². The quantitative estimate of drug-likeness (QED) is 0.490. The first-order valence-electron chi connectivity index (χ1n) is 9.88. The predicted octanol–water partition coefficient (Wildman–Crippen LogP) is 3.31. The van der Waals surface area contributed by atoms with Gasteiger partial charge in [-0.15, -0.1) is 0 Å². The summed E-state index contributed by atoms with van der Waals surface area (Å²) in [5.74, 6) is -0.414. The molecule has 1 aliphatic heterocycles. The molecule has 1 saturated heterocycles. The Morgan fingerprint density at radius 3 is 2.50 bits per heavy atom. The van der Waals surface area contributed by atoms with Gasteiger partial charge < -0.3 is 14.5 Å². The summed E-state index contributed by atoms with van der Waals surface area (Å²) in [4.78, 5) is 35.6. The van der Waals surface area contributed by atoms with Crippen molar-refractivity contribution in [3.05, 3.63) is 39.9 Å². The lowest BCUT2D eigenvalue weighted by Crippen LogP contribution is -2.49. The number of rotatable bonds is 4. The second-order valence-electron chi connectivity index (χ2n) is 8.03. The van der Waals surface area contributed by atoms with Gasteiger partial charge in [0.15, 0.2) is 5.82 Å². The molecule has 3 rings (SSSR count). The lowest BCUT2D eigenvalue weighted by atomic mass is 10.2. The van der Waals surface area contributed by atoms with Crippen LogP contribution < -0.4 is 4.80 Å². The van der Waals surface area contributed by atoms with E-state index in [1.165, 1.54) is 13.1 Å². The van der Waals surface area contributed by atoms with Crippen molar-refractivity contribution < 1.29 is 18.7 Å². The van der Waals surface area contributed by atoms with Gasteiger partial charge in [-0.1, -0.05) is 22.9 Å². The summed E-state index contributed by atoms with van der Waals surface area (Å²) >= 11 is 7.06. The number of allylic oxidation sites excluding steroid dienone is 1. The van der Waals surface area contributed by atoms with Crippen LogP contribution >= 0.6 is 22.9 Å². The van der Waals surface area contributed by atoms with Crippen LogP contribution in [0.4, 0.5) is 9.18 Å². The van der Waals surface area contributed by atoms with E-state index in [1.54, 1.807) is 42.7 Å². The largest absolute Gasteiger partial charge is 0.444 e. The number of nitrogens with zero attached hydrogens (tertiary/aromatic N) is 6. The van der Waals surface area contributed by atoms with Crippen LogP contribution in [0.3, 0.4) is 0 Å². The molecule has 0 bridgehead atoms. The topological polar surface area (TPSA) is 92.9 Å². The van der Waals surface area contributed by atoms with E-state index in [-0.39, 0.29) is 15.8 Å². The Labute approximate surface area is 193 Å². The molecule has 0 saturated carbocycles. The van der Waals surface area contributed by atoms with Crippen LogP contribution in [0.2, 0.25) is 5.15 Å². The molecule has 1 fully saturated rings. The average molecular weight is 483 g/mol. The Morgan fingerprint density at radius 2 is 1.94 bits per heavy atom. The lowest BCUT2D eigenvalue weighted by Gasteiger charge is -2.36. The molecule has 32 heavy (non-hydrogen) atoms. The molecular formula is C20H24ClFN6O3S. The zero-order valence-corrected chi connectivity index (χ0v) is 19.8. The maximum Gasteiger partial charge on any atom is 0.410 e. The summed E-state index contributed by atoms with van der Waals surface area (Å²) in [6.45, 7) is 8.17. The molecule has 172 valence electrons. The number of ether oxygens (including phenoxy) is 1. The van der Waals surface area contributed by atoms with Gasteiger partial charge in [0.1, 0.15) is 21.6 Å². The maximum absolute atomic E-state index is 14.4.